The van der Waals surface area contributed by atoms with Crippen molar-refractivity contribution >= 4 is 57.2 Å². The van der Waals surface area contributed by atoms with Gasteiger partial charge >= 0.3 is 0 Å². The first-order valence-corrected chi connectivity index (χ1v) is 7.24. The third-order valence-electron chi connectivity index (χ3n) is 2.32. The number of thiazole rings is 1. The van der Waals surface area contributed by atoms with Crippen molar-refractivity contribution in [2.75, 3.05) is 5.32 Å². The number of carbonyl (C=O) groups excluding carboxylic acids is 1. The molecule has 0 aliphatic heterocycles. The van der Waals surface area contributed by atoms with E-state index in [1.165, 1.54) is 11.3 Å². The van der Waals surface area contributed by atoms with Crippen molar-refractivity contribution in [1.29, 1.82) is 0 Å². The van der Waals surface area contributed by atoms with E-state index < -0.39 is 9.70 Å². The van der Waals surface area contributed by atoms with Crippen LogP contribution < -0.4 is 5.32 Å². The maximum absolute atomic E-state index is 11.6. The molecule has 1 heterocycles. The van der Waals surface area contributed by atoms with Crippen LogP contribution in [0.5, 0.6) is 0 Å². The fraction of sp³-hybridized carbons (Fsp3) is 0.167. The summed E-state index contributed by atoms with van der Waals surface area (Å²) in [4.78, 5) is 16.9. The van der Waals surface area contributed by atoms with E-state index in [1.54, 1.807) is 0 Å². The molecule has 1 amide bonds. The minimum Gasteiger partial charge on any atom is -0.298 e. The summed E-state index contributed by atoms with van der Waals surface area (Å²) in [6.45, 7) is 1.92. The van der Waals surface area contributed by atoms with Crippen LogP contribution in [0.1, 0.15) is 4.88 Å². The molecule has 0 spiro atoms. The Kier molecular flexibility index (Phi) is 4.36. The van der Waals surface area contributed by atoms with Crippen LogP contribution in [0, 0.1) is 6.92 Å². The number of hydrogen-bond donors (Lipinski definition) is 1. The quantitative estimate of drug-likeness (QED) is 0.825. The van der Waals surface area contributed by atoms with Gasteiger partial charge in [0.1, 0.15) is 0 Å². The van der Waals surface area contributed by atoms with Crippen molar-refractivity contribution < 1.29 is 4.79 Å². The summed E-state index contributed by atoms with van der Waals surface area (Å²) in [6, 6.07) is 9.67. The average Bonchev–Trinajstić information content (AvgIpc) is 2.70. The summed E-state index contributed by atoms with van der Waals surface area (Å²) in [5, 5.41) is 2.90. The van der Waals surface area contributed by atoms with Gasteiger partial charge in [0.25, 0.3) is 9.70 Å². The molecule has 0 saturated heterocycles. The van der Waals surface area contributed by atoms with Crippen LogP contribution in [0.4, 0.5) is 5.13 Å². The highest BCUT2D eigenvalue weighted by Gasteiger charge is 2.31. The molecule has 3 nitrogen and oxygen atoms in total. The minimum atomic E-state index is -1.99. The molecule has 2 rings (SSSR count). The van der Waals surface area contributed by atoms with E-state index >= 15 is 0 Å². The summed E-state index contributed by atoms with van der Waals surface area (Å²) in [6.07, 6.45) is 0. The molecule has 0 saturated carbocycles. The average molecular weight is 336 g/mol. The van der Waals surface area contributed by atoms with E-state index in [9.17, 15) is 4.79 Å². The number of anilines is 1. The normalized spacial score (nSPS) is 11.4. The maximum Gasteiger partial charge on any atom is 0.278 e. The molecule has 0 radical (unpaired) electrons. The molecular formula is C12H9Cl3N2OS. The second kappa shape index (κ2) is 5.67. The van der Waals surface area contributed by atoms with Crippen LogP contribution >= 0.6 is 46.1 Å². The lowest BCUT2D eigenvalue weighted by atomic mass is 10.1. The second-order valence-corrected chi connectivity index (χ2v) is 7.23. The highest BCUT2D eigenvalue weighted by Crippen LogP contribution is 2.32. The van der Waals surface area contributed by atoms with Gasteiger partial charge in [-0.15, -0.1) is 11.3 Å². The number of benzene rings is 1. The fourth-order valence-electron chi connectivity index (χ4n) is 1.48. The smallest absolute Gasteiger partial charge is 0.278 e. The molecule has 1 aromatic carbocycles. The van der Waals surface area contributed by atoms with Crippen LogP contribution in [0.3, 0.4) is 0 Å². The Morgan fingerprint density at radius 3 is 2.47 bits per heavy atom. The van der Waals surface area contributed by atoms with Crippen LogP contribution in [-0.2, 0) is 4.79 Å². The van der Waals surface area contributed by atoms with E-state index in [0.29, 0.717) is 5.13 Å². The molecule has 0 aliphatic carbocycles. The van der Waals surface area contributed by atoms with Crippen molar-refractivity contribution in [3.8, 4) is 11.3 Å². The lowest BCUT2D eigenvalue weighted by Crippen LogP contribution is -2.26. The SMILES string of the molecule is Cc1sc(NC(=O)C(Cl)(Cl)Cl)nc1-c1ccccc1. The number of halogens is 3. The van der Waals surface area contributed by atoms with E-state index in [1.807, 2.05) is 37.3 Å². The third kappa shape index (κ3) is 3.60. The number of aryl methyl sites for hydroxylation is 1. The van der Waals surface area contributed by atoms with Crippen molar-refractivity contribution in [2.45, 2.75) is 10.7 Å². The van der Waals surface area contributed by atoms with Gasteiger partial charge in [-0.3, -0.25) is 10.1 Å². The highest BCUT2D eigenvalue weighted by molar-refractivity contribution is 7.16. The number of hydrogen-bond acceptors (Lipinski definition) is 3. The summed E-state index contributed by atoms with van der Waals surface area (Å²) in [5.74, 6) is -0.717. The van der Waals surface area contributed by atoms with Crippen LogP contribution in [0.2, 0.25) is 0 Å². The van der Waals surface area contributed by atoms with Crippen LogP contribution in [0.25, 0.3) is 11.3 Å². The maximum atomic E-state index is 11.6. The Morgan fingerprint density at radius 1 is 1.26 bits per heavy atom. The van der Waals surface area contributed by atoms with Crippen molar-refractivity contribution in [3.63, 3.8) is 0 Å². The molecule has 0 fully saturated rings. The van der Waals surface area contributed by atoms with E-state index in [4.69, 9.17) is 34.8 Å². The van der Waals surface area contributed by atoms with E-state index in [2.05, 4.69) is 10.3 Å². The van der Waals surface area contributed by atoms with Crippen molar-refractivity contribution in [1.82, 2.24) is 4.98 Å². The molecule has 0 unspecified atom stereocenters. The van der Waals surface area contributed by atoms with Gasteiger partial charge in [0.05, 0.1) is 5.69 Å². The number of alkyl halides is 3. The molecule has 1 N–H and O–H groups in total. The number of nitrogens with one attached hydrogen (secondary N) is 1. The Bertz CT molecular complexity index is 593. The number of amides is 1. The van der Waals surface area contributed by atoms with Gasteiger partial charge in [-0.1, -0.05) is 65.1 Å². The zero-order valence-corrected chi connectivity index (χ0v) is 12.9. The zero-order valence-electron chi connectivity index (χ0n) is 9.78. The first-order chi connectivity index (χ1) is 8.88. The molecule has 7 heteroatoms. The number of rotatable bonds is 2. The number of aromatic nitrogens is 1. The lowest BCUT2D eigenvalue weighted by Gasteiger charge is -2.08. The van der Waals surface area contributed by atoms with Crippen LogP contribution in [-0.4, -0.2) is 14.7 Å². The standard InChI is InChI=1S/C12H9Cl3N2OS/c1-7-9(8-5-3-2-4-6-8)16-11(19-7)17-10(18)12(13,14)15/h2-6H,1H3,(H,16,17,18). The molecular weight excluding hydrogens is 327 g/mol. The molecule has 0 bridgehead atoms. The lowest BCUT2D eigenvalue weighted by molar-refractivity contribution is -0.115. The predicted molar refractivity (Wildman–Crippen MR) is 81.2 cm³/mol. The number of carbonyl (C=O) groups is 1. The summed E-state index contributed by atoms with van der Waals surface area (Å²) in [7, 11) is 0. The summed E-state index contributed by atoms with van der Waals surface area (Å²) in [5.41, 5.74) is 1.79. The number of nitrogens with zero attached hydrogens (tertiary/aromatic N) is 1. The zero-order chi connectivity index (χ0) is 14.0. The topological polar surface area (TPSA) is 42.0 Å². The van der Waals surface area contributed by atoms with Crippen LogP contribution in [0.15, 0.2) is 30.3 Å². The third-order valence-corrected chi connectivity index (χ3v) is 3.72. The van der Waals surface area contributed by atoms with Gasteiger partial charge in [0.2, 0.25) is 0 Å². The molecule has 0 aliphatic rings. The summed E-state index contributed by atoms with van der Waals surface area (Å²) < 4.78 is -1.99. The van der Waals surface area contributed by atoms with Gasteiger partial charge in [0, 0.05) is 10.4 Å². The van der Waals surface area contributed by atoms with Gasteiger partial charge in [-0.05, 0) is 6.92 Å². The first-order valence-electron chi connectivity index (χ1n) is 5.29. The summed E-state index contributed by atoms with van der Waals surface area (Å²) >= 11 is 17.8. The monoisotopic (exact) mass is 334 g/mol. The second-order valence-electron chi connectivity index (χ2n) is 3.74. The first kappa shape index (κ1) is 14.6. The van der Waals surface area contributed by atoms with Gasteiger partial charge in [-0.2, -0.15) is 0 Å². The molecule has 0 atom stereocenters. The van der Waals surface area contributed by atoms with E-state index in [-0.39, 0.29) is 0 Å². The largest absolute Gasteiger partial charge is 0.298 e. The molecule has 100 valence electrons. The molecule has 19 heavy (non-hydrogen) atoms. The van der Waals surface area contributed by atoms with Crippen molar-refractivity contribution in [2.24, 2.45) is 0 Å². The Labute approximate surface area is 129 Å². The molecule has 2 aromatic rings. The highest BCUT2D eigenvalue weighted by atomic mass is 35.6. The van der Waals surface area contributed by atoms with Gasteiger partial charge in [-0.25, -0.2) is 4.98 Å². The Morgan fingerprint density at radius 2 is 1.89 bits per heavy atom. The van der Waals surface area contributed by atoms with Gasteiger partial charge < -0.3 is 0 Å². The van der Waals surface area contributed by atoms with Gasteiger partial charge in [0.15, 0.2) is 5.13 Å². The molecule has 1 aromatic heterocycles. The predicted octanol–water partition coefficient (Wildman–Crippen LogP) is 4.43. The Balaban J connectivity index is 2.25. The minimum absolute atomic E-state index is 0.410. The Hall–Kier alpha value is -0.810. The fourth-order valence-corrected chi connectivity index (χ4v) is 2.45. The van der Waals surface area contributed by atoms with E-state index in [0.717, 1.165) is 16.1 Å². The van der Waals surface area contributed by atoms with Crippen molar-refractivity contribution in [3.05, 3.63) is 35.2 Å².